The Balaban J connectivity index is 2.39. The molecule has 1 aliphatic heterocycles. The van der Waals surface area contributed by atoms with Gasteiger partial charge in [0.1, 0.15) is 0 Å². The molecule has 0 bridgehead atoms. The number of hydrogen-bond acceptors (Lipinski definition) is 3. The average molecular weight is 173 g/mol. The maximum atomic E-state index is 9.36. The first-order valence-corrected chi connectivity index (χ1v) is 3.94. The third-order valence-corrected chi connectivity index (χ3v) is 1.83. The highest BCUT2D eigenvalue weighted by atomic mass is 16.5. The molecular weight excluding hydrogens is 158 g/mol. The van der Waals surface area contributed by atoms with Crippen molar-refractivity contribution in [1.82, 2.24) is 10.6 Å². The molecule has 0 aromatic rings. The number of rotatable bonds is 1. The molecule has 1 fully saturated rings. The van der Waals surface area contributed by atoms with Crippen molar-refractivity contribution in [2.75, 3.05) is 27.3 Å². The SMILES string of the molecule is CN=C(NC)NC1COCC1O. The maximum absolute atomic E-state index is 9.36. The van der Waals surface area contributed by atoms with E-state index in [2.05, 4.69) is 15.6 Å². The zero-order valence-corrected chi connectivity index (χ0v) is 7.37. The van der Waals surface area contributed by atoms with Crippen molar-refractivity contribution in [3.63, 3.8) is 0 Å². The van der Waals surface area contributed by atoms with E-state index in [1.807, 2.05) is 0 Å². The van der Waals surface area contributed by atoms with Crippen LogP contribution in [0.2, 0.25) is 0 Å². The van der Waals surface area contributed by atoms with Gasteiger partial charge in [-0.25, -0.2) is 0 Å². The van der Waals surface area contributed by atoms with E-state index in [-0.39, 0.29) is 6.04 Å². The van der Waals surface area contributed by atoms with Crippen molar-refractivity contribution in [2.24, 2.45) is 4.99 Å². The van der Waals surface area contributed by atoms with Gasteiger partial charge in [0.15, 0.2) is 5.96 Å². The molecule has 3 N–H and O–H groups in total. The highest BCUT2D eigenvalue weighted by molar-refractivity contribution is 5.79. The first-order chi connectivity index (χ1) is 5.77. The molecule has 0 spiro atoms. The number of ether oxygens (including phenoxy) is 1. The molecule has 5 nitrogen and oxygen atoms in total. The summed E-state index contributed by atoms with van der Waals surface area (Å²) in [5.41, 5.74) is 0. The summed E-state index contributed by atoms with van der Waals surface area (Å²) in [4.78, 5) is 3.93. The van der Waals surface area contributed by atoms with E-state index in [0.29, 0.717) is 19.2 Å². The molecule has 1 rings (SSSR count). The lowest BCUT2D eigenvalue weighted by molar-refractivity contribution is 0.123. The Labute approximate surface area is 71.8 Å². The Morgan fingerprint density at radius 3 is 2.75 bits per heavy atom. The minimum Gasteiger partial charge on any atom is -0.388 e. The van der Waals surface area contributed by atoms with Crippen molar-refractivity contribution >= 4 is 5.96 Å². The van der Waals surface area contributed by atoms with Crippen LogP contribution in [-0.2, 0) is 4.74 Å². The molecule has 0 aromatic heterocycles. The van der Waals surface area contributed by atoms with Crippen LogP contribution in [0.5, 0.6) is 0 Å². The van der Waals surface area contributed by atoms with E-state index >= 15 is 0 Å². The summed E-state index contributed by atoms with van der Waals surface area (Å²) < 4.78 is 5.06. The molecule has 1 saturated heterocycles. The molecular formula is C7H15N3O2. The van der Waals surface area contributed by atoms with Crippen LogP contribution in [-0.4, -0.2) is 50.5 Å². The second-order valence-electron chi connectivity index (χ2n) is 2.68. The lowest BCUT2D eigenvalue weighted by Gasteiger charge is -2.16. The highest BCUT2D eigenvalue weighted by Crippen LogP contribution is 2.04. The zero-order chi connectivity index (χ0) is 8.97. The lowest BCUT2D eigenvalue weighted by atomic mass is 10.2. The Bertz CT molecular complexity index is 172. The van der Waals surface area contributed by atoms with Gasteiger partial charge < -0.3 is 20.5 Å². The molecule has 1 aliphatic rings. The third kappa shape index (κ3) is 2.09. The predicted molar refractivity (Wildman–Crippen MR) is 46.2 cm³/mol. The second-order valence-corrected chi connectivity index (χ2v) is 2.68. The molecule has 5 heteroatoms. The predicted octanol–water partition coefficient (Wildman–Crippen LogP) is -1.46. The molecule has 0 aromatic carbocycles. The fraction of sp³-hybridized carbons (Fsp3) is 0.857. The van der Waals surface area contributed by atoms with Crippen LogP contribution in [0.4, 0.5) is 0 Å². The van der Waals surface area contributed by atoms with Gasteiger partial charge in [-0.2, -0.15) is 0 Å². The molecule has 2 atom stereocenters. The number of guanidine groups is 1. The van der Waals surface area contributed by atoms with Crippen LogP contribution >= 0.6 is 0 Å². The molecule has 0 saturated carbocycles. The molecule has 1 heterocycles. The van der Waals surface area contributed by atoms with Gasteiger partial charge in [0.25, 0.3) is 0 Å². The Kier molecular flexibility index (Phi) is 3.31. The monoisotopic (exact) mass is 173 g/mol. The first-order valence-electron chi connectivity index (χ1n) is 3.94. The fourth-order valence-electron chi connectivity index (χ4n) is 1.10. The molecule has 0 amide bonds. The summed E-state index contributed by atoms with van der Waals surface area (Å²) in [5, 5.41) is 15.3. The van der Waals surface area contributed by atoms with E-state index < -0.39 is 6.10 Å². The average Bonchev–Trinajstić information content (AvgIpc) is 2.47. The smallest absolute Gasteiger partial charge is 0.191 e. The van der Waals surface area contributed by atoms with Crippen LogP contribution < -0.4 is 10.6 Å². The van der Waals surface area contributed by atoms with Crippen molar-refractivity contribution < 1.29 is 9.84 Å². The van der Waals surface area contributed by atoms with Crippen LogP contribution in [0, 0.1) is 0 Å². The second kappa shape index (κ2) is 4.27. The van der Waals surface area contributed by atoms with Gasteiger partial charge in [-0.05, 0) is 0 Å². The summed E-state index contributed by atoms with van der Waals surface area (Å²) in [6, 6.07) is -0.0452. The van der Waals surface area contributed by atoms with Crippen LogP contribution in [0.15, 0.2) is 4.99 Å². The number of aliphatic hydroxyl groups is 1. The van der Waals surface area contributed by atoms with Gasteiger partial charge in [-0.1, -0.05) is 0 Å². The normalized spacial score (nSPS) is 30.4. The quantitative estimate of drug-likeness (QED) is 0.335. The number of nitrogens with one attached hydrogen (secondary N) is 2. The minimum absolute atomic E-state index is 0.0452. The van der Waals surface area contributed by atoms with E-state index in [0.717, 1.165) is 0 Å². The van der Waals surface area contributed by atoms with Crippen LogP contribution in [0.25, 0.3) is 0 Å². The van der Waals surface area contributed by atoms with Gasteiger partial charge in [-0.3, -0.25) is 4.99 Å². The summed E-state index contributed by atoms with van der Waals surface area (Å²) in [7, 11) is 3.46. The molecule has 12 heavy (non-hydrogen) atoms. The van der Waals surface area contributed by atoms with Crippen LogP contribution in [0.3, 0.4) is 0 Å². The number of aliphatic hydroxyl groups excluding tert-OH is 1. The van der Waals surface area contributed by atoms with Crippen molar-refractivity contribution in [3.8, 4) is 0 Å². The standard InChI is InChI=1S/C7H15N3O2/c1-8-7(9-2)10-5-3-12-4-6(5)11/h5-6,11H,3-4H2,1-2H3,(H2,8,9,10). The number of hydrogen-bond donors (Lipinski definition) is 3. The summed E-state index contributed by atoms with van der Waals surface area (Å²) in [6.45, 7) is 0.931. The fourth-order valence-corrected chi connectivity index (χ4v) is 1.10. The summed E-state index contributed by atoms with van der Waals surface area (Å²) in [6.07, 6.45) is -0.435. The first kappa shape index (κ1) is 9.28. The van der Waals surface area contributed by atoms with Gasteiger partial charge in [-0.15, -0.1) is 0 Å². The Morgan fingerprint density at radius 1 is 1.58 bits per heavy atom. The number of aliphatic imine (C=N–C) groups is 1. The van der Waals surface area contributed by atoms with E-state index in [4.69, 9.17) is 4.74 Å². The van der Waals surface area contributed by atoms with Crippen molar-refractivity contribution in [1.29, 1.82) is 0 Å². The van der Waals surface area contributed by atoms with Crippen LogP contribution in [0.1, 0.15) is 0 Å². The molecule has 70 valence electrons. The Hall–Kier alpha value is -0.810. The maximum Gasteiger partial charge on any atom is 0.191 e. The van der Waals surface area contributed by atoms with Crippen molar-refractivity contribution in [3.05, 3.63) is 0 Å². The Morgan fingerprint density at radius 2 is 2.33 bits per heavy atom. The zero-order valence-electron chi connectivity index (χ0n) is 7.37. The molecule has 0 radical (unpaired) electrons. The van der Waals surface area contributed by atoms with Crippen molar-refractivity contribution in [2.45, 2.75) is 12.1 Å². The highest BCUT2D eigenvalue weighted by Gasteiger charge is 2.26. The lowest BCUT2D eigenvalue weighted by Crippen LogP contribution is -2.47. The topological polar surface area (TPSA) is 65.9 Å². The summed E-state index contributed by atoms with van der Waals surface area (Å²) >= 11 is 0. The van der Waals surface area contributed by atoms with E-state index in [1.54, 1.807) is 14.1 Å². The summed E-state index contributed by atoms with van der Waals surface area (Å²) in [5.74, 6) is 0.671. The minimum atomic E-state index is -0.435. The van der Waals surface area contributed by atoms with Gasteiger partial charge >= 0.3 is 0 Å². The number of nitrogens with zero attached hydrogens (tertiary/aromatic N) is 1. The largest absolute Gasteiger partial charge is 0.388 e. The van der Waals surface area contributed by atoms with Gasteiger partial charge in [0.05, 0.1) is 25.4 Å². The molecule has 0 aliphatic carbocycles. The van der Waals surface area contributed by atoms with Gasteiger partial charge in [0.2, 0.25) is 0 Å². The van der Waals surface area contributed by atoms with E-state index in [1.165, 1.54) is 0 Å². The van der Waals surface area contributed by atoms with E-state index in [9.17, 15) is 5.11 Å². The third-order valence-electron chi connectivity index (χ3n) is 1.83. The molecule has 2 unspecified atom stereocenters. The van der Waals surface area contributed by atoms with Gasteiger partial charge in [0, 0.05) is 14.1 Å².